The summed E-state index contributed by atoms with van der Waals surface area (Å²) < 4.78 is 5.03. The Morgan fingerprint density at radius 1 is 1.52 bits per heavy atom. The van der Waals surface area contributed by atoms with Gasteiger partial charge in [0.05, 0.1) is 18.7 Å². The molecule has 0 bridgehead atoms. The van der Waals surface area contributed by atoms with Crippen LogP contribution < -0.4 is 5.32 Å². The number of aliphatic hydroxyl groups is 1. The predicted octanol–water partition coefficient (Wildman–Crippen LogP) is 2.04. The smallest absolute Gasteiger partial charge is 0.249 e. The number of nitrogens with zero attached hydrogens (tertiary/aromatic N) is 1. The first-order chi connectivity index (χ1) is 11.2. The van der Waals surface area contributed by atoms with Gasteiger partial charge in [0.2, 0.25) is 5.91 Å². The van der Waals surface area contributed by atoms with Gasteiger partial charge >= 0.3 is 0 Å². The minimum Gasteiger partial charge on any atom is -0.394 e. The van der Waals surface area contributed by atoms with Gasteiger partial charge in [-0.15, -0.1) is 0 Å². The number of hydrogen-bond acceptors (Lipinski definition) is 4. The maximum atomic E-state index is 12.4. The molecular weight excluding hydrogens is 292 g/mol. The number of rotatable bonds is 4. The summed E-state index contributed by atoms with van der Waals surface area (Å²) in [6.07, 6.45) is 4.96. The van der Waals surface area contributed by atoms with Gasteiger partial charge in [-0.05, 0) is 36.6 Å². The van der Waals surface area contributed by atoms with E-state index in [9.17, 15) is 9.90 Å². The molecule has 0 radical (unpaired) electrons. The number of carbonyl (C=O) groups excluding carboxylic acids is 1. The molecule has 2 aliphatic heterocycles. The second-order valence-electron chi connectivity index (χ2n) is 6.20. The van der Waals surface area contributed by atoms with Gasteiger partial charge in [-0.2, -0.15) is 0 Å². The number of fused-ring (bicyclic) bond motifs is 3. The summed E-state index contributed by atoms with van der Waals surface area (Å²) in [6.45, 7) is 2.88. The molecule has 1 aromatic carbocycles. The number of ether oxygens (including phenoxy) is 1. The zero-order valence-electron chi connectivity index (χ0n) is 13.7. The van der Waals surface area contributed by atoms with Crippen molar-refractivity contribution in [2.24, 2.45) is 5.92 Å². The van der Waals surface area contributed by atoms with Crippen LogP contribution in [0.25, 0.3) is 6.08 Å². The SMILES string of the molecule is C/C=C/c1ccc2c(c1)[C@@H]1[C@@H](CCN1C(=O)COC)[C@H](CO)N2. The van der Waals surface area contributed by atoms with Crippen molar-refractivity contribution in [2.45, 2.75) is 25.4 Å². The molecule has 1 aromatic rings. The number of anilines is 1. The van der Waals surface area contributed by atoms with Gasteiger partial charge < -0.3 is 20.1 Å². The lowest BCUT2D eigenvalue weighted by molar-refractivity contribution is -0.136. The summed E-state index contributed by atoms with van der Waals surface area (Å²) >= 11 is 0. The third kappa shape index (κ3) is 2.86. The lowest BCUT2D eigenvalue weighted by Gasteiger charge is -2.39. The van der Waals surface area contributed by atoms with Crippen LogP contribution in [0.15, 0.2) is 24.3 Å². The van der Waals surface area contributed by atoms with E-state index in [1.165, 1.54) is 0 Å². The van der Waals surface area contributed by atoms with E-state index in [4.69, 9.17) is 4.74 Å². The molecule has 0 aromatic heterocycles. The van der Waals surface area contributed by atoms with E-state index < -0.39 is 0 Å². The second kappa shape index (κ2) is 6.72. The van der Waals surface area contributed by atoms with Crippen molar-refractivity contribution in [2.75, 3.05) is 32.2 Å². The molecular formula is C18H24N2O3. The fraction of sp³-hybridized carbons (Fsp3) is 0.500. The van der Waals surface area contributed by atoms with Gasteiger partial charge in [-0.1, -0.05) is 18.2 Å². The molecule has 23 heavy (non-hydrogen) atoms. The number of nitrogens with one attached hydrogen (secondary N) is 1. The predicted molar refractivity (Wildman–Crippen MR) is 90.1 cm³/mol. The standard InChI is InChI=1S/C18H24N2O3/c1-3-4-12-5-6-15-14(9-12)18-13(16(10-21)19-15)7-8-20(18)17(22)11-23-2/h3-6,9,13,16,18-19,21H,7-8,10-11H2,1-2H3/b4-3+/t13-,16-,18-/m0/s1. The average molecular weight is 316 g/mol. The van der Waals surface area contributed by atoms with Crippen LogP contribution in [-0.4, -0.2) is 48.8 Å². The number of hydrogen-bond donors (Lipinski definition) is 2. The van der Waals surface area contributed by atoms with E-state index in [0.717, 1.165) is 23.2 Å². The Bertz CT molecular complexity index is 614. The summed E-state index contributed by atoms with van der Waals surface area (Å²) in [6, 6.07) is 6.24. The Hall–Kier alpha value is -1.85. The topological polar surface area (TPSA) is 61.8 Å². The van der Waals surface area contributed by atoms with Crippen LogP contribution >= 0.6 is 0 Å². The molecule has 0 unspecified atom stereocenters. The number of carbonyl (C=O) groups is 1. The monoisotopic (exact) mass is 316 g/mol. The minimum absolute atomic E-state index is 0.0104. The minimum atomic E-state index is -0.0135. The summed E-state index contributed by atoms with van der Waals surface area (Å²) in [4.78, 5) is 14.3. The Labute approximate surface area is 136 Å². The maximum absolute atomic E-state index is 12.4. The number of likely N-dealkylation sites (tertiary alicyclic amines) is 1. The van der Waals surface area contributed by atoms with E-state index in [1.54, 1.807) is 7.11 Å². The third-order valence-corrected chi connectivity index (χ3v) is 4.84. The molecule has 1 amide bonds. The highest BCUT2D eigenvalue weighted by molar-refractivity contribution is 5.79. The molecule has 0 saturated carbocycles. The van der Waals surface area contributed by atoms with Crippen molar-refractivity contribution in [3.05, 3.63) is 35.4 Å². The molecule has 5 heteroatoms. The van der Waals surface area contributed by atoms with Crippen LogP contribution in [0.1, 0.15) is 30.5 Å². The first kappa shape index (κ1) is 16.0. The van der Waals surface area contributed by atoms with Crippen LogP contribution in [0.4, 0.5) is 5.69 Å². The zero-order chi connectivity index (χ0) is 16.4. The normalized spacial score (nSPS) is 26.0. The average Bonchev–Trinajstić information content (AvgIpc) is 3.00. The Kier molecular flexibility index (Phi) is 4.68. The number of allylic oxidation sites excluding steroid dienone is 1. The Morgan fingerprint density at radius 2 is 2.35 bits per heavy atom. The third-order valence-electron chi connectivity index (χ3n) is 4.84. The molecule has 5 nitrogen and oxygen atoms in total. The lowest BCUT2D eigenvalue weighted by atomic mass is 9.82. The molecule has 1 fully saturated rings. The van der Waals surface area contributed by atoms with Crippen LogP contribution in [0.2, 0.25) is 0 Å². The van der Waals surface area contributed by atoms with Crippen molar-refractivity contribution in [3.8, 4) is 0 Å². The molecule has 3 atom stereocenters. The molecule has 0 spiro atoms. The zero-order valence-corrected chi connectivity index (χ0v) is 13.7. The molecule has 1 saturated heterocycles. The highest BCUT2D eigenvalue weighted by atomic mass is 16.5. The maximum Gasteiger partial charge on any atom is 0.249 e. The quantitative estimate of drug-likeness (QED) is 0.892. The summed E-state index contributed by atoms with van der Waals surface area (Å²) in [7, 11) is 1.54. The largest absolute Gasteiger partial charge is 0.394 e. The highest BCUT2D eigenvalue weighted by Gasteiger charge is 2.45. The molecule has 2 N–H and O–H groups in total. The summed E-state index contributed by atoms with van der Waals surface area (Å²) in [5.41, 5.74) is 3.27. The van der Waals surface area contributed by atoms with Gasteiger partial charge in [0, 0.05) is 25.3 Å². The number of aliphatic hydroxyl groups excluding tert-OH is 1. The van der Waals surface area contributed by atoms with Crippen molar-refractivity contribution in [3.63, 3.8) is 0 Å². The molecule has 2 aliphatic rings. The van der Waals surface area contributed by atoms with E-state index in [-0.39, 0.29) is 37.1 Å². The van der Waals surface area contributed by atoms with Gasteiger partial charge in [0.1, 0.15) is 6.61 Å². The summed E-state index contributed by atoms with van der Waals surface area (Å²) in [5.74, 6) is 0.245. The van der Waals surface area contributed by atoms with Gasteiger partial charge in [0.25, 0.3) is 0 Å². The first-order valence-electron chi connectivity index (χ1n) is 8.12. The van der Waals surface area contributed by atoms with Crippen LogP contribution in [0, 0.1) is 5.92 Å². The Morgan fingerprint density at radius 3 is 3.04 bits per heavy atom. The number of methoxy groups -OCH3 is 1. The fourth-order valence-corrected chi connectivity index (χ4v) is 3.86. The summed E-state index contributed by atoms with van der Waals surface area (Å²) in [5, 5.41) is 13.2. The lowest BCUT2D eigenvalue weighted by Crippen LogP contribution is -2.43. The molecule has 2 heterocycles. The van der Waals surface area contributed by atoms with E-state index in [2.05, 4.69) is 23.5 Å². The number of amides is 1. The van der Waals surface area contributed by atoms with Crippen molar-refractivity contribution >= 4 is 17.7 Å². The second-order valence-corrected chi connectivity index (χ2v) is 6.20. The highest BCUT2D eigenvalue weighted by Crippen LogP contribution is 2.46. The van der Waals surface area contributed by atoms with Crippen LogP contribution in [-0.2, 0) is 9.53 Å². The fourth-order valence-electron chi connectivity index (χ4n) is 3.86. The van der Waals surface area contributed by atoms with Crippen LogP contribution in [0.5, 0.6) is 0 Å². The van der Waals surface area contributed by atoms with Gasteiger partial charge in [-0.3, -0.25) is 4.79 Å². The first-order valence-corrected chi connectivity index (χ1v) is 8.12. The van der Waals surface area contributed by atoms with Gasteiger partial charge in [0.15, 0.2) is 0 Å². The van der Waals surface area contributed by atoms with E-state index in [1.807, 2.05) is 24.0 Å². The molecule has 3 rings (SSSR count). The molecule has 0 aliphatic carbocycles. The Balaban J connectivity index is 2.01. The van der Waals surface area contributed by atoms with Crippen LogP contribution in [0.3, 0.4) is 0 Å². The number of benzene rings is 1. The van der Waals surface area contributed by atoms with Crippen molar-refractivity contribution < 1.29 is 14.6 Å². The molecule has 124 valence electrons. The van der Waals surface area contributed by atoms with E-state index >= 15 is 0 Å². The van der Waals surface area contributed by atoms with Gasteiger partial charge in [-0.25, -0.2) is 0 Å². The van der Waals surface area contributed by atoms with E-state index in [0.29, 0.717) is 6.54 Å². The van der Waals surface area contributed by atoms with Crippen molar-refractivity contribution in [1.29, 1.82) is 0 Å². The van der Waals surface area contributed by atoms with Crippen molar-refractivity contribution in [1.82, 2.24) is 4.90 Å².